The van der Waals surface area contributed by atoms with Crippen LogP contribution in [0.25, 0.3) is 0 Å². The fourth-order valence-corrected chi connectivity index (χ4v) is 2.04. The van der Waals surface area contributed by atoms with Crippen LogP contribution in [-0.2, 0) is 14.3 Å². The van der Waals surface area contributed by atoms with Gasteiger partial charge < -0.3 is 24.6 Å². The number of urea groups is 1. The Morgan fingerprint density at radius 3 is 2.13 bits per heavy atom. The molecule has 0 bridgehead atoms. The minimum Gasteiger partial charge on any atom is -0.466 e. The second-order valence-electron chi connectivity index (χ2n) is 6.24. The lowest BCUT2D eigenvalue weighted by atomic mass is 10.2. The Balaban J connectivity index is 2.28. The summed E-state index contributed by atoms with van der Waals surface area (Å²) in [7, 11) is 0. The number of ether oxygens (including phenoxy) is 2. The molecule has 0 saturated carbocycles. The predicted octanol–water partition coefficient (Wildman–Crippen LogP) is 1.20. The number of esters is 1. The van der Waals surface area contributed by atoms with E-state index in [2.05, 4.69) is 5.32 Å². The minimum absolute atomic E-state index is 0.150. The van der Waals surface area contributed by atoms with Gasteiger partial charge in [0.25, 0.3) is 0 Å². The van der Waals surface area contributed by atoms with Gasteiger partial charge in [0.15, 0.2) is 0 Å². The summed E-state index contributed by atoms with van der Waals surface area (Å²) < 4.78 is 10.1. The smallest absolute Gasteiger partial charge is 0.410 e. The van der Waals surface area contributed by atoms with Gasteiger partial charge in [-0.25, -0.2) is 9.59 Å². The first-order chi connectivity index (χ1) is 10.7. The minimum atomic E-state index is -0.529. The van der Waals surface area contributed by atoms with Crippen molar-refractivity contribution in [2.45, 2.75) is 39.7 Å². The van der Waals surface area contributed by atoms with Gasteiger partial charge in [0, 0.05) is 32.7 Å². The van der Waals surface area contributed by atoms with Gasteiger partial charge in [-0.15, -0.1) is 0 Å². The number of nitrogens with one attached hydrogen (secondary N) is 1. The molecule has 1 heterocycles. The van der Waals surface area contributed by atoms with Crippen LogP contribution in [0.4, 0.5) is 9.59 Å². The third-order valence-corrected chi connectivity index (χ3v) is 3.13. The number of carbonyl (C=O) groups is 3. The molecule has 0 aromatic rings. The first-order valence-electron chi connectivity index (χ1n) is 7.89. The largest absolute Gasteiger partial charge is 0.466 e. The number of amides is 3. The quantitative estimate of drug-likeness (QED) is 0.783. The van der Waals surface area contributed by atoms with Gasteiger partial charge in [0.05, 0.1) is 13.0 Å². The van der Waals surface area contributed by atoms with Gasteiger partial charge >= 0.3 is 18.1 Å². The number of hydrogen-bond acceptors (Lipinski definition) is 5. The molecule has 1 fully saturated rings. The molecular weight excluding hydrogens is 302 g/mol. The molecule has 23 heavy (non-hydrogen) atoms. The van der Waals surface area contributed by atoms with Crippen LogP contribution in [0.5, 0.6) is 0 Å². The topological polar surface area (TPSA) is 88.2 Å². The maximum atomic E-state index is 12.0. The average molecular weight is 329 g/mol. The highest BCUT2D eigenvalue weighted by Gasteiger charge is 2.27. The summed E-state index contributed by atoms with van der Waals surface area (Å²) in [6.45, 7) is 9.49. The first kappa shape index (κ1) is 19.1. The zero-order chi connectivity index (χ0) is 17.5. The molecule has 1 aliphatic rings. The molecule has 0 radical (unpaired) electrons. The number of rotatable bonds is 4. The highest BCUT2D eigenvalue weighted by molar-refractivity contribution is 5.76. The predicted molar refractivity (Wildman–Crippen MR) is 84.0 cm³/mol. The van der Waals surface area contributed by atoms with Gasteiger partial charge in [0.2, 0.25) is 0 Å². The number of nitrogens with zero attached hydrogens (tertiary/aromatic N) is 2. The standard InChI is InChI=1S/C15H27N3O5/c1-5-22-12(19)6-7-16-13(20)17-8-10-18(11-9-17)14(21)23-15(2,3)4/h5-11H2,1-4H3,(H,16,20). The normalized spacial score (nSPS) is 15.1. The summed E-state index contributed by atoms with van der Waals surface area (Å²) in [6.07, 6.45) is -0.211. The molecule has 0 aliphatic carbocycles. The summed E-state index contributed by atoms with van der Waals surface area (Å²) in [5.74, 6) is -0.331. The average Bonchev–Trinajstić information content (AvgIpc) is 2.46. The summed E-state index contributed by atoms with van der Waals surface area (Å²) in [5, 5.41) is 2.68. The maximum absolute atomic E-state index is 12.0. The van der Waals surface area contributed by atoms with Gasteiger partial charge in [-0.1, -0.05) is 0 Å². The lowest BCUT2D eigenvalue weighted by Gasteiger charge is -2.35. The van der Waals surface area contributed by atoms with E-state index in [0.29, 0.717) is 32.8 Å². The van der Waals surface area contributed by atoms with Crippen molar-refractivity contribution in [1.82, 2.24) is 15.1 Å². The van der Waals surface area contributed by atoms with Crippen molar-refractivity contribution in [2.75, 3.05) is 39.3 Å². The molecule has 0 aromatic carbocycles. The molecule has 8 nitrogen and oxygen atoms in total. The van der Waals surface area contributed by atoms with Crippen LogP contribution in [0.15, 0.2) is 0 Å². The van der Waals surface area contributed by atoms with Crippen molar-refractivity contribution in [2.24, 2.45) is 0 Å². The lowest BCUT2D eigenvalue weighted by molar-refractivity contribution is -0.142. The Kier molecular flexibility index (Phi) is 7.12. The Bertz CT molecular complexity index is 425. The van der Waals surface area contributed by atoms with E-state index >= 15 is 0 Å². The van der Waals surface area contributed by atoms with Crippen LogP contribution >= 0.6 is 0 Å². The molecule has 132 valence electrons. The van der Waals surface area contributed by atoms with Crippen molar-refractivity contribution in [3.8, 4) is 0 Å². The molecular formula is C15H27N3O5. The monoisotopic (exact) mass is 329 g/mol. The second-order valence-corrected chi connectivity index (χ2v) is 6.24. The van der Waals surface area contributed by atoms with Crippen LogP contribution in [0.2, 0.25) is 0 Å². The van der Waals surface area contributed by atoms with Crippen LogP contribution in [0.3, 0.4) is 0 Å². The first-order valence-corrected chi connectivity index (χ1v) is 7.89. The van der Waals surface area contributed by atoms with E-state index < -0.39 is 5.60 Å². The van der Waals surface area contributed by atoms with E-state index in [1.165, 1.54) is 0 Å². The van der Waals surface area contributed by atoms with Crippen molar-refractivity contribution in [1.29, 1.82) is 0 Å². The molecule has 3 amide bonds. The molecule has 0 spiro atoms. The van der Waals surface area contributed by atoms with E-state index in [0.717, 1.165) is 0 Å². The van der Waals surface area contributed by atoms with Gasteiger partial charge in [-0.2, -0.15) is 0 Å². The Labute approximate surface area is 137 Å². The zero-order valence-electron chi connectivity index (χ0n) is 14.4. The third kappa shape index (κ3) is 7.21. The molecule has 0 atom stereocenters. The lowest BCUT2D eigenvalue weighted by Crippen LogP contribution is -2.54. The zero-order valence-corrected chi connectivity index (χ0v) is 14.4. The molecule has 1 aliphatic heterocycles. The summed E-state index contributed by atoms with van der Waals surface area (Å²) in [4.78, 5) is 38.3. The maximum Gasteiger partial charge on any atom is 0.410 e. The van der Waals surface area contributed by atoms with E-state index in [4.69, 9.17) is 9.47 Å². The highest BCUT2D eigenvalue weighted by atomic mass is 16.6. The van der Waals surface area contributed by atoms with Crippen molar-refractivity contribution >= 4 is 18.1 Å². The SMILES string of the molecule is CCOC(=O)CCNC(=O)N1CCN(C(=O)OC(C)(C)C)CC1. The Morgan fingerprint density at radius 2 is 1.61 bits per heavy atom. The van der Waals surface area contributed by atoms with Crippen LogP contribution in [-0.4, -0.2) is 72.8 Å². The van der Waals surface area contributed by atoms with Crippen molar-refractivity contribution in [3.63, 3.8) is 0 Å². The summed E-state index contributed by atoms with van der Waals surface area (Å²) in [5.41, 5.74) is -0.529. The molecule has 1 saturated heterocycles. The van der Waals surface area contributed by atoms with E-state index in [9.17, 15) is 14.4 Å². The van der Waals surface area contributed by atoms with Gasteiger partial charge in [-0.3, -0.25) is 4.79 Å². The van der Waals surface area contributed by atoms with Gasteiger partial charge in [-0.05, 0) is 27.7 Å². The third-order valence-electron chi connectivity index (χ3n) is 3.13. The fourth-order valence-electron chi connectivity index (χ4n) is 2.04. The fraction of sp³-hybridized carbons (Fsp3) is 0.800. The molecule has 0 unspecified atom stereocenters. The molecule has 8 heteroatoms. The molecule has 0 aromatic heterocycles. The van der Waals surface area contributed by atoms with Gasteiger partial charge in [0.1, 0.15) is 5.60 Å². The van der Waals surface area contributed by atoms with E-state index in [1.807, 2.05) is 20.8 Å². The highest BCUT2D eigenvalue weighted by Crippen LogP contribution is 2.11. The Hall–Kier alpha value is -1.99. The Morgan fingerprint density at radius 1 is 1.04 bits per heavy atom. The second kappa shape index (κ2) is 8.59. The van der Waals surface area contributed by atoms with Crippen LogP contribution in [0, 0.1) is 0 Å². The summed E-state index contributed by atoms with van der Waals surface area (Å²) in [6, 6.07) is -0.238. The van der Waals surface area contributed by atoms with Crippen LogP contribution < -0.4 is 5.32 Å². The summed E-state index contributed by atoms with van der Waals surface area (Å²) >= 11 is 0. The van der Waals surface area contributed by atoms with E-state index in [-0.39, 0.29) is 31.1 Å². The van der Waals surface area contributed by atoms with Crippen molar-refractivity contribution < 1.29 is 23.9 Å². The van der Waals surface area contributed by atoms with Crippen LogP contribution in [0.1, 0.15) is 34.1 Å². The number of hydrogen-bond donors (Lipinski definition) is 1. The van der Waals surface area contributed by atoms with E-state index in [1.54, 1.807) is 16.7 Å². The molecule has 1 rings (SSSR count). The number of piperazine rings is 1. The number of carbonyl (C=O) groups excluding carboxylic acids is 3. The van der Waals surface area contributed by atoms with Crippen molar-refractivity contribution in [3.05, 3.63) is 0 Å². The molecule has 1 N–H and O–H groups in total.